The van der Waals surface area contributed by atoms with Gasteiger partial charge in [0.1, 0.15) is 5.15 Å². The van der Waals surface area contributed by atoms with E-state index in [9.17, 15) is 0 Å². The largest absolute Gasteiger partial charge is 0.362 e. The first-order valence-electron chi connectivity index (χ1n) is 5.52. The van der Waals surface area contributed by atoms with Crippen molar-refractivity contribution < 1.29 is 0 Å². The Bertz CT molecular complexity index is 450. The first kappa shape index (κ1) is 11.9. The minimum Gasteiger partial charge on any atom is -0.362 e. The molecular formula is C12H15ClN4. The Morgan fingerprint density at radius 3 is 2.71 bits per heavy atom. The Morgan fingerprint density at radius 1 is 1.35 bits per heavy atom. The highest BCUT2D eigenvalue weighted by molar-refractivity contribution is 6.29. The number of H-pyrrole nitrogens is 1. The highest BCUT2D eigenvalue weighted by Gasteiger charge is 2.12. The smallest absolute Gasteiger partial charge is 0.129 e. The predicted molar refractivity (Wildman–Crippen MR) is 69.2 cm³/mol. The third-order valence-corrected chi connectivity index (χ3v) is 2.79. The van der Waals surface area contributed by atoms with Gasteiger partial charge < -0.3 is 9.88 Å². The third kappa shape index (κ3) is 2.97. The van der Waals surface area contributed by atoms with Gasteiger partial charge in [0.05, 0.1) is 30.5 Å². The van der Waals surface area contributed by atoms with Crippen LogP contribution >= 0.6 is 11.6 Å². The number of hydrogen-bond acceptors (Lipinski definition) is 3. The third-order valence-electron chi connectivity index (χ3n) is 2.56. The molecule has 2 aromatic rings. The van der Waals surface area contributed by atoms with Crippen molar-refractivity contribution >= 4 is 17.3 Å². The summed E-state index contributed by atoms with van der Waals surface area (Å²) in [7, 11) is 0. The van der Waals surface area contributed by atoms with Crippen LogP contribution in [-0.4, -0.2) is 21.0 Å². The summed E-state index contributed by atoms with van der Waals surface area (Å²) in [4.78, 5) is 13.5. The molecule has 0 radical (unpaired) electrons. The number of aromatic amines is 1. The molecule has 0 saturated heterocycles. The van der Waals surface area contributed by atoms with Gasteiger partial charge in [-0.25, -0.2) is 9.97 Å². The Labute approximate surface area is 106 Å². The van der Waals surface area contributed by atoms with Crippen LogP contribution in [0.5, 0.6) is 0 Å². The molecule has 0 amide bonds. The van der Waals surface area contributed by atoms with Crippen molar-refractivity contribution in [3.8, 4) is 0 Å². The summed E-state index contributed by atoms with van der Waals surface area (Å²) in [5, 5.41) is 0.513. The molecule has 0 unspecified atom stereocenters. The molecule has 0 aliphatic carbocycles. The highest BCUT2D eigenvalue weighted by atomic mass is 35.5. The molecule has 4 nitrogen and oxygen atoms in total. The molecule has 0 saturated carbocycles. The Kier molecular flexibility index (Phi) is 3.64. The lowest BCUT2D eigenvalue weighted by Gasteiger charge is -2.28. The summed E-state index contributed by atoms with van der Waals surface area (Å²) in [6, 6.07) is 4.16. The Hall–Kier alpha value is -1.55. The minimum absolute atomic E-state index is 0.376. The zero-order valence-corrected chi connectivity index (χ0v) is 10.6. The number of aromatic nitrogens is 3. The van der Waals surface area contributed by atoms with Crippen molar-refractivity contribution in [1.82, 2.24) is 15.0 Å². The molecule has 2 aromatic heterocycles. The average molecular weight is 251 g/mol. The highest BCUT2D eigenvalue weighted by Crippen LogP contribution is 2.19. The summed E-state index contributed by atoms with van der Waals surface area (Å²) < 4.78 is 0. The number of rotatable bonds is 4. The molecule has 17 heavy (non-hydrogen) atoms. The molecule has 0 bridgehead atoms. The van der Waals surface area contributed by atoms with Crippen molar-refractivity contribution in [2.45, 2.75) is 26.4 Å². The van der Waals surface area contributed by atoms with Gasteiger partial charge in [-0.05, 0) is 26.0 Å². The van der Waals surface area contributed by atoms with Crippen LogP contribution in [0.15, 0.2) is 30.9 Å². The summed E-state index contributed by atoms with van der Waals surface area (Å²) in [6.45, 7) is 5.07. The van der Waals surface area contributed by atoms with E-state index in [0.29, 0.717) is 11.2 Å². The fourth-order valence-electron chi connectivity index (χ4n) is 1.66. The van der Waals surface area contributed by atoms with Gasteiger partial charge >= 0.3 is 0 Å². The SMILES string of the molecule is CC(C)N(Cc1cnc[nH]1)c1ccc(Cl)nc1. The van der Waals surface area contributed by atoms with Crippen molar-refractivity contribution in [3.05, 3.63) is 41.7 Å². The van der Waals surface area contributed by atoms with E-state index in [2.05, 4.69) is 33.7 Å². The zero-order valence-electron chi connectivity index (χ0n) is 9.89. The molecule has 0 aliphatic rings. The average Bonchev–Trinajstić information content (AvgIpc) is 2.80. The van der Waals surface area contributed by atoms with Gasteiger partial charge in [0, 0.05) is 12.2 Å². The first-order chi connectivity index (χ1) is 8.16. The molecule has 90 valence electrons. The normalized spacial score (nSPS) is 10.8. The molecule has 0 aromatic carbocycles. The van der Waals surface area contributed by atoms with Crippen molar-refractivity contribution in [2.24, 2.45) is 0 Å². The number of nitrogens with one attached hydrogen (secondary N) is 1. The molecule has 2 heterocycles. The van der Waals surface area contributed by atoms with Crippen molar-refractivity contribution in [2.75, 3.05) is 4.90 Å². The van der Waals surface area contributed by atoms with Crippen LogP contribution in [-0.2, 0) is 6.54 Å². The topological polar surface area (TPSA) is 44.8 Å². The number of imidazole rings is 1. The van der Waals surface area contributed by atoms with Crippen LogP contribution in [0, 0.1) is 0 Å². The molecule has 1 N–H and O–H groups in total. The second-order valence-corrected chi connectivity index (χ2v) is 4.52. The molecular weight excluding hydrogens is 236 g/mol. The summed E-state index contributed by atoms with van der Waals surface area (Å²) >= 11 is 5.79. The van der Waals surface area contributed by atoms with Gasteiger partial charge in [0.25, 0.3) is 0 Å². The maximum Gasteiger partial charge on any atom is 0.129 e. The van der Waals surface area contributed by atoms with Gasteiger partial charge in [-0.2, -0.15) is 0 Å². The fraction of sp³-hybridized carbons (Fsp3) is 0.333. The van der Waals surface area contributed by atoms with Crippen LogP contribution in [0.4, 0.5) is 5.69 Å². The van der Waals surface area contributed by atoms with Crippen LogP contribution in [0.2, 0.25) is 5.15 Å². The molecule has 0 fully saturated rings. The second kappa shape index (κ2) is 5.19. The summed E-state index contributed by atoms with van der Waals surface area (Å²) in [5.74, 6) is 0. The first-order valence-corrected chi connectivity index (χ1v) is 5.90. The number of halogens is 1. The fourth-order valence-corrected chi connectivity index (χ4v) is 1.78. The molecule has 5 heteroatoms. The lowest BCUT2D eigenvalue weighted by Crippen LogP contribution is -2.30. The summed E-state index contributed by atoms with van der Waals surface area (Å²) in [5.41, 5.74) is 2.13. The molecule has 0 spiro atoms. The number of hydrogen-bond donors (Lipinski definition) is 1. The van der Waals surface area contributed by atoms with E-state index < -0.39 is 0 Å². The van der Waals surface area contributed by atoms with E-state index in [0.717, 1.165) is 17.9 Å². The lowest BCUT2D eigenvalue weighted by atomic mass is 10.2. The monoisotopic (exact) mass is 250 g/mol. The Morgan fingerprint density at radius 2 is 2.18 bits per heavy atom. The van der Waals surface area contributed by atoms with Crippen LogP contribution < -0.4 is 4.90 Å². The maximum absolute atomic E-state index is 5.79. The number of pyridine rings is 1. The van der Waals surface area contributed by atoms with Crippen LogP contribution in [0.3, 0.4) is 0 Å². The lowest BCUT2D eigenvalue weighted by molar-refractivity contribution is 0.674. The Balaban J connectivity index is 2.20. The molecule has 0 aliphatic heterocycles. The minimum atomic E-state index is 0.376. The maximum atomic E-state index is 5.79. The van der Waals surface area contributed by atoms with E-state index >= 15 is 0 Å². The van der Waals surface area contributed by atoms with Crippen molar-refractivity contribution in [3.63, 3.8) is 0 Å². The number of nitrogens with zero attached hydrogens (tertiary/aromatic N) is 3. The van der Waals surface area contributed by atoms with Crippen molar-refractivity contribution in [1.29, 1.82) is 0 Å². The van der Waals surface area contributed by atoms with Gasteiger partial charge in [0.2, 0.25) is 0 Å². The van der Waals surface area contributed by atoms with Crippen LogP contribution in [0.25, 0.3) is 0 Å². The van der Waals surface area contributed by atoms with E-state index in [1.165, 1.54) is 0 Å². The summed E-state index contributed by atoms with van der Waals surface area (Å²) in [6.07, 6.45) is 5.31. The predicted octanol–water partition coefficient (Wildman–Crippen LogP) is 2.87. The van der Waals surface area contributed by atoms with Gasteiger partial charge in [0.15, 0.2) is 0 Å². The van der Waals surface area contributed by atoms with E-state index in [4.69, 9.17) is 11.6 Å². The van der Waals surface area contributed by atoms with E-state index in [1.807, 2.05) is 12.3 Å². The standard InChI is InChI=1S/C12H15ClN4/c1-9(2)17(7-10-5-14-8-16-10)11-3-4-12(13)15-6-11/h3-6,8-9H,7H2,1-2H3,(H,14,16). The van der Waals surface area contributed by atoms with E-state index in [-0.39, 0.29) is 0 Å². The molecule has 2 rings (SSSR count). The van der Waals surface area contributed by atoms with Gasteiger partial charge in [-0.3, -0.25) is 0 Å². The van der Waals surface area contributed by atoms with E-state index in [1.54, 1.807) is 18.6 Å². The second-order valence-electron chi connectivity index (χ2n) is 4.14. The number of anilines is 1. The van der Waals surface area contributed by atoms with Crippen LogP contribution in [0.1, 0.15) is 19.5 Å². The zero-order chi connectivity index (χ0) is 12.3. The van der Waals surface area contributed by atoms with Gasteiger partial charge in [-0.15, -0.1) is 0 Å². The van der Waals surface area contributed by atoms with Gasteiger partial charge in [-0.1, -0.05) is 11.6 Å². The molecule has 0 atom stereocenters. The quantitative estimate of drug-likeness (QED) is 0.849.